The molecule has 0 aliphatic heterocycles. The zero-order valence-electron chi connectivity index (χ0n) is 6.70. The minimum atomic E-state index is -0.247. The van der Waals surface area contributed by atoms with Gasteiger partial charge in [-0.3, -0.25) is 0 Å². The largest absolute Gasteiger partial charge is 0.329 e. The lowest BCUT2D eigenvalue weighted by molar-refractivity contribution is 0.404. The Balaban J connectivity index is 2.15. The molecule has 2 rings (SSSR count). The summed E-state index contributed by atoms with van der Waals surface area (Å²) in [4.78, 5) is 3.74. The van der Waals surface area contributed by atoms with E-state index in [-0.39, 0.29) is 5.82 Å². The van der Waals surface area contributed by atoms with E-state index in [1.165, 1.54) is 12.1 Å². The van der Waals surface area contributed by atoms with E-state index in [9.17, 15) is 4.39 Å². The summed E-state index contributed by atoms with van der Waals surface area (Å²) in [6, 6.07) is 6.18. The molecule has 1 aromatic carbocycles. The van der Waals surface area contributed by atoms with Crippen LogP contribution < -0.4 is 0 Å². The van der Waals surface area contributed by atoms with Crippen LogP contribution in [0.4, 0.5) is 4.39 Å². The molecular weight excluding hydrogens is 171 g/mol. The van der Waals surface area contributed by atoms with Crippen LogP contribution in [0.2, 0.25) is 0 Å². The summed E-state index contributed by atoms with van der Waals surface area (Å²) in [6.45, 7) is 0. The molecule has 0 N–H and O–H groups in total. The smallest absolute Gasteiger partial charge is 0.316 e. The maximum atomic E-state index is 12.5. The van der Waals surface area contributed by atoms with Gasteiger partial charge in [-0.25, -0.2) is 4.39 Å². The highest BCUT2D eigenvalue weighted by Gasteiger charge is 2.00. The van der Waals surface area contributed by atoms with Crippen molar-refractivity contribution in [3.8, 4) is 0 Å². The molecule has 0 bridgehead atoms. The van der Waals surface area contributed by atoms with Gasteiger partial charge in [0, 0.05) is 6.42 Å². The highest BCUT2D eigenvalue weighted by molar-refractivity contribution is 5.19. The summed E-state index contributed by atoms with van der Waals surface area (Å²) in [7, 11) is 0. The Morgan fingerprint density at radius 1 is 1.31 bits per heavy atom. The van der Waals surface area contributed by atoms with Crippen molar-refractivity contribution in [3.05, 3.63) is 47.9 Å². The lowest BCUT2D eigenvalue weighted by atomic mass is 10.1. The second kappa shape index (κ2) is 3.35. The molecule has 0 amide bonds. The zero-order chi connectivity index (χ0) is 9.10. The Hall–Kier alpha value is -1.71. The minimum absolute atomic E-state index is 0.247. The number of nitrogens with zero attached hydrogens (tertiary/aromatic N) is 2. The molecule has 0 saturated carbocycles. The number of aromatic nitrogens is 2. The molecule has 0 unspecified atom stereocenters. The van der Waals surface area contributed by atoms with Crippen LogP contribution in [0, 0.1) is 12.2 Å². The molecule has 1 radical (unpaired) electrons. The summed E-state index contributed by atoms with van der Waals surface area (Å²) < 4.78 is 17.0. The van der Waals surface area contributed by atoms with Gasteiger partial charge in [0.1, 0.15) is 5.82 Å². The SMILES string of the molecule is Fc1ccc(Cc2n[c]on2)cc1. The third-order valence-electron chi connectivity index (χ3n) is 1.64. The Kier molecular flexibility index (Phi) is 2.04. The van der Waals surface area contributed by atoms with Crippen molar-refractivity contribution in [2.24, 2.45) is 0 Å². The van der Waals surface area contributed by atoms with Crippen LogP contribution in [-0.2, 0) is 6.42 Å². The fraction of sp³-hybridized carbons (Fsp3) is 0.111. The first-order chi connectivity index (χ1) is 6.34. The van der Waals surface area contributed by atoms with Crippen LogP contribution in [0.1, 0.15) is 11.4 Å². The van der Waals surface area contributed by atoms with E-state index in [2.05, 4.69) is 21.1 Å². The maximum Gasteiger partial charge on any atom is 0.316 e. The Labute approximate surface area is 74.2 Å². The summed E-state index contributed by atoms with van der Waals surface area (Å²) in [5.41, 5.74) is 0.941. The van der Waals surface area contributed by atoms with Gasteiger partial charge in [0.25, 0.3) is 0 Å². The van der Waals surface area contributed by atoms with E-state index in [4.69, 9.17) is 0 Å². The van der Waals surface area contributed by atoms with E-state index in [0.717, 1.165) is 5.56 Å². The second-order valence-corrected chi connectivity index (χ2v) is 2.61. The summed E-state index contributed by atoms with van der Waals surface area (Å²) in [5, 5.41) is 3.60. The monoisotopic (exact) mass is 177 g/mol. The highest BCUT2D eigenvalue weighted by atomic mass is 19.1. The molecule has 3 nitrogen and oxygen atoms in total. The van der Waals surface area contributed by atoms with Gasteiger partial charge in [-0.1, -0.05) is 17.3 Å². The number of benzene rings is 1. The van der Waals surface area contributed by atoms with Gasteiger partial charge in [0.15, 0.2) is 5.82 Å². The lowest BCUT2D eigenvalue weighted by Crippen LogP contribution is -1.90. The predicted molar refractivity (Wildman–Crippen MR) is 42.3 cm³/mol. The van der Waals surface area contributed by atoms with Gasteiger partial charge >= 0.3 is 6.39 Å². The van der Waals surface area contributed by atoms with Crippen LogP contribution in [0.25, 0.3) is 0 Å². The fourth-order valence-electron chi connectivity index (χ4n) is 1.02. The van der Waals surface area contributed by atoms with Crippen molar-refractivity contribution in [1.29, 1.82) is 0 Å². The molecule has 1 heterocycles. The molecule has 0 spiro atoms. The van der Waals surface area contributed by atoms with E-state index in [1.54, 1.807) is 12.1 Å². The molecule has 0 aliphatic carbocycles. The predicted octanol–water partition coefficient (Wildman–Crippen LogP) is 1.60. The average molecular weight is 177 g/mol. The van der Waals surface area contributed by atoms with Crippen molar-refractivity contribution in [2.45, 2.75) is 6.42 Å². The van der Waals surface area contributed by atoms with Gasteiger partial charge in [-0.2, -0.15) is 4.98 Å². The number of hydrogen-bond donors (Lipinski definition) is 0. The molecule has 65 valence electrons. The van der Waals surface area contributed by atoms with E-state index < -0.39 is 0 Å². The summed E-state index contributed by atoms with van der Waals surface area (Å²) in [5.74, 6) is 0.301. The molecule has 4 heteroatoms. The summed E-state index contributed by atoms with van der Waals surface area (Å²) in [6.07, 6.45) is 2.79. The topological polar surface area (TPSA) is 38.9 Å². The molecule has 13 heavy (non-hydrogen) atoms. The van der Waals surface area contributed by atoms with Crippen molar-refractivity contribution in [2.75, 3.05) is 0 Å². The molecule has 0 atom stereocenters. The number of rotatable bonds is 2. The molecule has 1 aromatic heterocycles. The Morgan fingerprint density at radius 3 is 2.69 bits per heavy atom. The molecular formula is C9H6FN2O. The standard InChI is InChI=1S/C9H6FN2O/c10-8-3-1-7(2-4-8)5-9-11-6-13-12-9/h1-4H,5H2. The molecule has 0 saturated heterocycles. The molecule has 2 aromatic rings. The molecule has 0 fully saturated rings. The maximum absolute atomic E-state index is 12.5. The number of hydrogen-bond acceptors (Lipinski definition) is 3. The Morgan fingerprint density at radius 2 is 2.08 bits per heavy atom. The van der Waals surface area contributed by atoms with Gasteiger partial charge in [0.2, 0.25) is 0 Å². The highest BCUT2D eigenvalue weighted by Crippen LogP contribution is 2.06. The van der Waals surface area contributed by atoms with Gasteiger partial charge in [-0.05, 0) is 17.7 Å². The van der Waals surface area contributed by atoms with Crippen LogP contribution in [0.5, 0.6) is 0 Å². The molecule has 0 aliphatic rings. The van der Waals surface area contributed by atoms with Crippen molar-refractivity contribution in [1.82, 2.24) is 10.1 Å². The van der Waals surface area contributed by atoms with E-state index >= 15 is 0 Å². The van der Waals surface area contributed by atoms with Crippen molar-refractivity contribution < 1.29 is 8.91 Å². The number of halogens is 1. The van der Waals surface area contributed by atoms with Crippen molar-refractivity contribution >= 4 is 0 Å². The summed E-state index contributed by atoms with van der Waals surface area (Å²) >= 11 is 0. The quantitative estimate of drug-likeness (QED) is 0.699. The fourth-order valence-corrected chi connectivity index (χ4v) is 1.02. The first kappa shape index (κ1) is 7.91. The first-order valence-corrected chi connectivity index (χ1v) is 3.77. The zero-order valence-corrected chi connectivity index (χ0v) is 6.70. The normalized spacial score (nSPS) is 10.2. The van der Waals surface area contributed by atoms with E-state index in [1.807, 2.05) is 0 Å². The van der Waals surface area contributed by atoms with Crippen molar-refractivity contribution in [3.63, 3.8) is 0 Å². The lowest BCUT2D eigenvalue weighted by Gasteiger charge is -1.95. The minimum Gasteiger partial charge on any atom is -0.329 e. The second-order valence-electron chi connectivity index (χ2n) is 2.61. The van der Waals surface area contributed by atoms with Crippen LogP contribution in [0.3, 0.4) is 0 Å². The third kappa shape index (κ3) is 1.90. The van der Waals surface area contributed by atoms with E-state index in [0.29, 0.717) is 12.2 Å². The average Bonchev–Trinajstić information content (AvgIpc) is 2.62. The first-order valence-electron chi connectivity index (χ1n) is 3.77. The van der Waals surface area contributed by atoms with Gasteiger partial charge < -0.3 is 4.52 Å². The van der Waals surface area contributed by atoms with Crippen LogP contribution >= 0.6 is 0 Å². The Bertz CT molecular complexity index is 369. The third-order valence-corrected chi connectivity index (χ3v) is 1.64. The van der Waals surface area contributed by atoms with Gasteiger partial charge in [0.05, 0.1) is 0 Å². The van der Waals surface area contributed by atoms with Crippen LogP contribution in [-0.4, -0.2) is 10.1 Å². The van der Waals surface area contributed by atoms with Crippen LogP contribution in [0.15, 0.2) is 28.8 Å². The van der Waals surface area contributed by atoms with Gasteiger partial charge in [-0.15, -0.1) is 0 Å².